The Hall–Kier alpha value is -3.22. The van der Waals surface area contributed by atoms with Crippen molar-refractivity contribution in [1.29, 1.82) is 0 Å². The Labute approximate surface area is 152 Å². The van der Waals surface area contributed by atoms with Crippen LogP contribution < -0.4 is 4.74 Å². The van der Waals surface area contributed by atoms with Gasteiger partial charge in [0.05, 0.1) is 5.56 Å². The topological polar surface area (TPSA) is 48.7 Å². The minimum atomic E-state index is -4.62. The third kappa shape index (κ3) is 4.13. The van der Waals surface area contributed by atoms with Gasteiger partial charge in [0.2, 0.25) is 6.79 Å². The standard InChI is InChI=1S/C20H15F3O4/c1-12(2)19(24)26-11-25-14-7-8-15(16(10-14)20(21,22)23)18-9-13-5-3-4-6-17(13)27-18/h3-10H,1,11H2,2H3. The predicted octanol–water partition coefficient (Wildman–Crippen LogP) is 5.57. The summed E-state index contributed by atoms with van der Waals surface area (Å²) in [6.45, 7) is 4.33. The summed E-state index contributed by atoms with van der Waals surface area (Å²) in [4.78, 5) is 11.3. The summed E-state index contributed by atoms with van der Waals surface area (Å²) in [5.74, 6) is -0.676. The average Bonchev–Trinajstić information content (AvgIpc) is 3.04. The minimum Gasteiger partial charge on any atom is -0.457 e. The van der Waals surface area contributed by atoms with Gasteiger partial charge in [0.1, 0.15) is 17.1 Å². The number of carbonyl (C=O) groups excluding carboxylic acids is 1. The predicted molar refractivity (Wildman–Crippen MR) is 93.1 cm³/mol. The van der Waals surface area contributed by atoms with E-state index in [1.54, 1.807) is 30.3 Å². The van der Waals surface area contributed by atoms with Crippen LogP contribution in [0, 0.1) is 0 Å². The molecule has 2 aromatic carbocycles. The number of carbonyl (C=O) groups is 1. The second-order valence-electron chi connectivity index (χ2n) is 5.83. The molecule has 0 aliphatic rings. The van der Waals surface area contributed by atoms with Crippen LogP contribution in [0.15, 0.2) is 65.1 Å². The largest absolute Gasteiger partial charge is 0.457 e. The molecular weight excluding hydrogens is 361 g/mol. The van der Waals surface area contributed by atoms with Crippen molar-refractivity contribution in [2.24, 2.45) is 0 Å². The molecule has 0 aliphatic carbocycles. The Morgan fingerprint density at radius 3 is 2.56 bits per heavy atom. The minimum absolute atomic E-state index is 0.0864. The van der Waals surface area contributed by atoms with Crippen LogP contribution in [0.2, 0.25) is 0 Å². The maximum atomic E-state index is 13.5. The molecule has 1 heterocycles. The Bertz CT molecular complexity index is 969. The van der Waals surface area contributed by atoms with Crippen molar-refractivity contribution in [2.45, 2.75) is 13.1 Å². The zero-order valence-corrected chi connectivity index (χ0v) is 14.3. The highest BCUT2D eigenvalue weighted by Gasteiger charge is 2.35. The van der Waals surface area contributed by atoms with Crippen molar-refractivity contribution in [3.63, 3.8) is 0 Å². The Morgan fingerprint density at radius 1 is 1.15 bits per heavy atom. The highest BCUT2D eigenvalue weighted by molar-refractivity contribution is 5.87. The first kappa shape index (κ1) is 18.6. The van der Waals surface area contributed by atoms with E-state index in [1.807, 2.05) is 0 Å². The van der Waals surface area contributed by atoms with Gasteiger partial charge in [-0.1, -0.05) is 24.8 Å². The first-order valence-corrected chi connectivity index (χ1v) is 7.91. The Balaban J connectivity index is 1.90. The summed E-state index contributed by atoms with van der Waals surface area (Å²) in [6.07, 6.45) is -4.62. The molecule has 0 amide bonds. The second-order valence-corrected chi connectivity index (χ2v) is 5.83. The smallest absolute Gasteiger partial charge is 0.417 e. The molecule has 0 saturated carbocycles. The molecule has 1 aromatic heterocycles. The van der Waals surface area contributed by atoms with Gasteiger partial charge >= 0.3 is 12.1 Å². The molecule has 4 nitrogen and oxygen atoms in total. The average molecular weight is 376 g/mol. The van der Waals surface area contributed by atoms with Gasteiger partial charge in [0, 0.05) is 16.5 Å². The summed E-state index contributed by atoms with van der Waals surface area (Å²) in [5, 5.41) is 0.702. The third-order valence-corrected chi connectivity index (χ3v) is 3.75. The van der Waals surface area contributed by atoms with Crippen molar-refractivity contribution in [3.8, 4) is 17.1 Å². The van der Waals surface area contributed by atoms with Crippen LogP contribution in [0.4, 0.5) is 13.2 Å². The molecule has 0 N–H and O–H groups in total. The molecule has 0 spiro atoms. The van der Waals surface area contributed by atoms with E-state index in [9.17, 15) is 18.0 Å². The van der Waals surface area contributed by atoms with E-state index in [-0.39, 0.29) is 22.6 Å². The quantitative estimate of drug-likeness (QED) is 0.332. The van der Waals surface area contributed by atoms with Crippen molar-refractivity contribution in [3.05, 3.63) is 66.2 Å². The fraction of sp³-hybridized carbons (Fsp3) is 0.150. The van der Waals surface area contributed by atoms with Crippen molar-refractivity contribution in [2.75, 3.05) is 6.79 Å². The number of halogens is 3. The summed E-state index contributed by atoms with van der Waals surface area (Å²) >= 11 is 0. The molecule has 0 saturated heterocycles. The van der Waals surface area contributed by atoms with Gasteiger partial charge < -0.3 is 13.9 Å². The lowest BCUT2D eigenvalue weighted by Gasteiger charge is -2.14. The Morgan fingerprint density at radius 2 is 1.89 bits per heavy atom. The number of benzene rings is 2. The number of para-hydroxylation sites is 1. The van der Waals surface area contributed by atoms with Crippen LogP contribution in [0.5, 0.6) is 5.75 Å². The SMILES string of the molecule is C=C(C)C(=O)OCOc1ccc(-c2cc3ccccc3o2)c(C(F)(F)F)c1. The lowest BCUT2D eigenvalue weighted by molar-refractivity contribution is -0.145. The number of fused-ring (bicyclic) bond motifs is 1. The summed E-state index contributed by atoms with van der Waals surface area (Å²) < 4.78 is 56.0. The number of ether oxygens (including phenoxy) is 2. The number of hydrogen-bond acceptors (Lipinski definition) is 4. The third-order valence-electron chi connectivity index (χ3n) is 3.75. The molecule has 7 heteroatoms. The highest BCUT2D eigenvalue weighted by atomic mass is 19.4. The fourth-order valence-electron chi connectivity index (χ4n) is 2.45. The molecule has 140 valence electrons. The fourth-order valence-corrected chi connectivity index (χ4v) is 2.45. The molecule has 0 atom stereocenters. The number of rotatable bonds is 5. The molecule has 0 aliphatic heterocycles. The van der Waals surface area contributed by atoms with Crippen LogP contribution >= 0.6 is 0 Å². The van der Waals surface area contributed by atoms with E-state index < -0.39 is 24.5 Å². The number of alkyl halides is 3. The molecule has 3 rings (SSSR count). The number of furan rings is 1. The van der Waals surface area contributed by atoms with E-state index in [1.165, 1.54) is 19.1 Å². The van der Waals surface area contributed by atoms with Gasteiger partial charge in [-0.2, -0.15) is 13.2 Å². The highest BCUT2D eigenvalue weighted by Crippen LogP contribution is 2.40. The monoisotopic (exact) mass is 376 g/mol. The Kier molecular flexibility index (Phi) is 4.94. The second kappa shape index (κ2) is 7.19. The zero-order valence-electron chi connectivity index (χ0n) is 14.3. The lowest BCUT2D eigenvalue weighted by Crippen LogP contribution is -2.12. The molecule has 0 fully saturated rings. The molecule has 3 aromatic rings. The molecule has 27 heavy (non-hydrogen) atoms. The summed E-state index contributed by atoms with van der Waals surface area (Å²) in [5.41, 5.74) is -0.363. The number of esters is 1. The van der Waals surface area contributed by atoms with Crippen LogP contribution in [0.1, 0.15) is 12.5 Å². The van der Waals surface area contributed by atoms with E-state index in [4.69, 9.17) is 13.9 Å². The van der Waals surface area contributed by atoms with Gasteiger partial charge in [-0.05, 0) is 37.3 Å². The van der Waals surface area contributed by atoms with Gasteiger partial charge in [-0.3, -0.25) is 0 Å². The van der Waals surface area contributed by atoms with Crippen LogP contribution in [-0.4, -0.2) is 12.8 Å². The first-order chi connectivity index (χ1) is 12.8. The summed E-state index contributed by atoms with van der Waals surface area (Å²) in [7, 11) is 0. The molecular formula is C20H15F3O4. The first-order valence-electron chi connectivity index (χ1n) is 7.91. The normalized spacial score (nSPS) is 11.4. The van der Waals surface area contributed by atoms with Gasteiger partial charge in [-0.25, -0.2) is 4.79 Å². The number of hydrogen-bond donors (Lipinski definition) is 0. The lowest BCUT2D eigenvalue weighted by atomic mass is 10.0. The zero-order chi connectivity index (χ0) is 19.6. The van der Waals surface area contributed by atoms with Crippen molar-refractivity contribution >= 4 is 16.9 Å². The summed E-state index contributed by atoms with van der Waals surface area (Å²) in [6, 6.07) is 12.0. The van der Waals surface area contributed by atoms with Gasteiger partial charge in [0.15, 0.2) is 0 Å². The van der Waals surface area contributed by atoms with Crippen LogP contribution in [0.3, 0.4) is 0 Å². The van der Waals surface area contributed by atoms with E-state index in [0.717, 1.165) is 6.07 Å². The van der Waals surface area contributed by atoms with E-state index in [2.05, 4.69) is 6.58 Å². The molecule has 0 bridgehead atoms. The molecule has 0 radical (unpaired) electrons. The van der Waals surface area contributed by atoms with E-state index in [0.29, 0.717) is 11.0 Å². The van der Waals surface area contributed by atoms with E-state index >= 15 is 0 Å². The maximum absolute atomic E-state index is 13.5. The van der Waals surface area contributed by atoms with Crippen LogP contribution in [-0.2, 0) is 15.7 Å². The van der Waals surface area contributed by atoms with Gasteiger partial charge in [-0.15, -0.1) is 0 Å². The molecule has 0 unspecified atom stereocenters. The van der Waals surface area contributed by atoms with Crippen molar-refractivity contribution in [1.82, 2.24) is 0 Å². The van der Waals surface area contributed by atoms with Crippen molar-refractivity contribution < 1.29 is 31.9 Å². The van der Waals surface area contributed by atoms with Crippen LogP contribution in [0.25, 0.3) is 22.3 Å². The maximum Gasteiger partial charge on any atom is 0.417 e. The van der Waals surface area contributed by atoms with Gasteiger partial charge in [0.25, 0.3) is 0 Å².